The first kappa shape index (κ1) is 55.4. The fraction of sp³-hybridized carbons (Fsp3) is 0.761. The number of carbonyl (C=O) groups excluding carboxylic acids is 2. The monoisotopic (exact) mass is 840 g/mol. The van der Waals surface area contributed by atoms with Crippen molar-refractivity contribution >= 4 is 25.7 Å². The van der Waals surface area contributed by atoms with Crippen molar-refractivity contribution in [3.05, 3.63) is 48.6 Å². The second kappa shape index (κ2) is 41.2. The van der Waals surface area contributed by atoms with E-state index < -0.39 is 57.7 Å². The maximum absolute atomic E-state index is 12.5. The number of phosphoric acid groups is 1. The SMILES string of the molecule is CCCCC/C=C/C/C=C/CCCCCCCCCCCC(=O)OC[C@H](COP(=O)(O)OC[C@H](N)C(=O)O)OC(=O)/C=C/C=C/CCCCCCCCCCCCC. The van der Waals surface area contributed by atoms with Crippen LogP contribution < -0.4 is 5.73 Å². The molecule has 4 N–H and O–H groups in total. The minimum Gasteiger partial charge on any atom is -0.480 e. The van der Waals surface area contributed by atoms with Gasteiger partial charge in [-0.25, -0.2) is 9.36 Å². The lowest BCUT2D eigenvalue weighted by Gasteiger charge is -2.19. The molecule has 0 aliphatic rings. The molecule has 0 aliphatic carbocycles. The van der Waals surface area contributed by atoms with Gasteiger partial charge in [0.25, 0.3) is 0 Å². The topological polar surface area (TPSA) is 172 Å². The number of hydrogen-bond donors (Lipinski definition) is 3. The predicted molar refractivity (Wildman–Crippen MR) is 235 cm³/mol. The summed E-state index contributed by atoms with van der Waals surface area (Å²) in [5, 5.41) is 8.89. The number of unbranched alkanes of at least 4 members (excludes halogenated alkanes) is 23. The van der Waals surface area contributed by atoms with E-state index in [4.69, 9.17) is 24.8 Å². The van der Waals surface area contributed by atoms with E-state index in [1.54, 1.807) is 12.2 Å². The Bertz CT molecular complexity index is 1170. The predicted octanol–water partition coefficient (Wildman–Crippen LogP) is 12.2. The molecule has 336 valence electrons. The number of rotatable bonds is 42. The number of aliphatic carboxylic acids is 1. The highest BCUT2D eigenvalue weighted by Gasteiger charge is 2.28. The first-order valence-corrected chi connectivity index (χ1v) is 24.2. The molecular formula is C46H82NO10P. The van der Waals surface area contributed by atoms with Crippen LogP contribution in [0.4, 0.5) is 0 Å². The summed E-state index contributed by atoms with van der Waals surface area (Å²) in [7, 11) is -4.74. The van der Waals surface area contributed by atoms with Crippen LogP contribution in [0.1, 0.15) is 194 Å². The van der Waals surface area contributed by atoms with E-state index in [1.807, 2.05) is 6.08 Å². The van der Waals surface area contributed by atoms with E-state index >= 15 is 0 Å². The largest absolute Gasteiger partial charge is 0.480 e. The lowest BCUT2D eigenvalue weighted by Crippen LogP contribution is -2.34. The summed E-state index contributed by atoms with van der Waals surface area (Å²) < 4.78 is 32.5. The molecule has 3 atom stereocenters. The zero-order valence-electron chi connectivity index (χ0n) is 36.4. The lowest BCUT2D eigenvalue weighted by molar-refractivity contribution is -0.157. The molecule has 1 unspecified atom stereocenters. The van der Waals surface area contributed by atoms with Crippen LogP contribution in [0.5, 0.6) is 0 Å². The average Bonchev–Trinajstić information content (AvgIpc) is 3.20. The molecule has 0 aromatic heterocycles. The van der Waals surface area contributed by atoms with E-state index in [0.29, 0.717) is 6.42 Å². The summed E-state index contributed by atoms with van der Waals surface area (Å²) in [5.74, 6) is -2.64. The minimum absolute atomic E-state index is 0.197. The van der Waals surface area contributed by atoms with Crippen molar-refractivity contribution in [1.82, 2.24) is 0 Å². The van der Waals surface area contributed by atoms with Crippen molar-refractivity contribution in [3.63, 3.8) is 0 Å². The first-order valence-electron chi connectivity index (χ1n) is 22.7. The van der Waals surface area contributed by atoms with Crippen LogP contribution in [-0.2, 0) is 37.5 Å². The Labute approximate surface area is 352 Å². The molecule has 0 heterocycles. The standard InChI is InChI=1S/C46H82NO10P/c1-3-5-7-9-11-13-15-17-19-20-21-22-24-25-27-29-31-33-35-37-44(48)54-39-42(40-55-58(52,53)56-41-43(47)46(50)51)57-45(49)38-36-34-32-30-28-26-23-18-16-14-12-10-8-6-4-2/h11,13,17,19,32,34,36,38,42-43H,3-10,12,14-16,18,20-31,33,35,37,39-41,47H2,1-2H3,(H,50,51)(H,52,53)/b13-11+,19-17+,34-32+,38-36+/t42-,43+/m1/s1. The van der Waals surface area contributed by atoms with Crippen LogP contribution in [0.25, 0.3) is 0 Å². The summed E-state index contributed by atoms with van der Waals surface area (Å²) in [6.07, 6.45) is 46.6. The number of phosphoric ester groups is 1. The smallest absolute Gasteiger partial charge is 0.472 e. The highest BCUT2D eigenvalue weighted by atomic mass is 31.2. The molecule has 0 fully saturated rings. The van der Waals surface area contributed by atoms with Gasteiger partial charge in [0.1, 0.15) is 12.6 Å². The molecule has 0 rings (SSSR count). The van der Waals surface area contributed by atoms with Gasteiger partial charge in [0.2, 0.25) is 0 Å². The Morgan fingerprint density at radius 1 is 0.586 bits per heavy atom. The third kappa shape index (κ3) is 40.2. The van der Waals surface area contributed by atoms with Gasteiger partial charge in [-0.3, -0.25) is 18.6 Å². The van der Waals surface area contributed by atoms with Crippen molar-refractivity contribution in [1.29, 1.82) is 0 Å². The van der Waals surface area contributed by atoms with Crippen molar-refractivity contribution in [2.24, 2.45) is 5.73 Å². The molecule has 58 heavy (non-hydrogen) atoms. The molecule has 12 heteroatoms. The number of nitrogens with two attached hydrogens (primary N) is 1. The van der Waals surface area contributed by atoms with E-state index in [-0.39, 0.29) is 6.42 Å². The Balaban J connectivity index is 4.41. The summed E-state index contributed by atoms with van der Waals surface area (Å²) in [6, 6.07) is -1.54. The minimum atomic E-state index is -4.74. The average molecular weight is 840 g/mol. The lowest BCUT2D eigenvalue weighted by atomic mass is 10.1. The van der Waals surface area contributed by atoms with E-state index in [0.717, 1.165) is 44.9 Å². The number of hydrogen-bond acceptors (Lipinski definition) is 9. The number of esters is 2. The van der Waals surface area contributed by atoms with Gasteiger partial charge < -0.3 is 25.2 Å². The fourth-order valence-corrected chi connectivity index (χ4v) is 6.84. The van der Waals surface area contributed by atoms with Crippen LogP contribution in [0.2, 0.25) is 0 Å². The second-order valence-electron chi connectivity index (χ2n) is 15.3. The molecule has 0 saturated heterocycles. The Morgan fingerprint density at radius 3 is 1.57 bits per heavy atom. The van der Waals surface area contributed by atoms with Crippen LogP contribution in [0.15, 0.2) is 48.6 Å². The van der Waals surface area contributed by atoms with Crippen LogP contribution in [0.3, 0.4) is 0 Å². The fourth-order valence-electron chi connectivity index (χ4n) is 6.06. The summed E-state index contributed by atoms with van der Waals surface area (Å²) in [6.45, 7) is 2.67. The van der Waals surface area contributed by atoms with Gasteiger partial charge in [-0.2, -0.15) is 0 Å². The number of carbonyl (C=O) groups is 3. The third-order valence-electron chi connectivity index (χ3n) is 9.66. The van der Waals surface area contributed by atoms with Crippen molar-refractivity contribution in [3.8, 4) is 0 Å². The normalized spacial score (nSPS) is 14.1. The number of allylic oxidation sites excluding steroid dienone is 7. The maximum Gasteiger partial charge on any atom is 0.472 e. The molecule has 0 aliphatic heterocycles. The van der Waals surface area contributed by atoms with Gasteiger partial charge in [0.05, 0.1) is 13.2 Å². The first-order chi connectivity index (χ1) is 28.1. The van der Waals surface area contributed by atoms with Crippen LogP contribution in [0, 0.1) is 0 Å². The molecule has 0 radical (unpaired) electrons. The van der Waals surface area contributed by atoms with Gasteiger partial charge in [-0.15, -0.1) is 0 Å². The molecular weight excluding hydrogens is 757 g/mol. The Morgan fingerprint density at radius 2 is 1.03 bits per heavy atom. The molecule has 0 bridgehead atoms. The van der Waals surface area contributed by atoms with Crippen molar-refractivity contribution in [2.45, 2.75) is 206 Å². The summed E-state index contributed by atoms with van der Waals surface area (Å²) in [4.78, 5) is 45.9. The van der Waals surface area contributed by atoms with E-state index in [2.05, 4.69) is 42.7 Å². The summed E-state index contributed by atoms with van der Waals surface area (Å²) >= 11 is 0. The van der Waals surface area contributed by atoms with Gasteiger partial charge >= 0.3 is 25.7 Å². The molecule has 0 spiro atoms. The number of carboxylic acids is 1. The molecule has 11 nitrogen and oxygen atoms in total. The zero-order valence-corrected chi connectivity index (χ0v) is 37.3. The Hall–Kier alpha value is -2.56. The van der Waals surface area contributed by atoms with Crippen LogP contribution in [-0.4, -0.2) is 59.9 Å². The summed E-state index contributed by atoms with van der Waals surface area (Å²) in [5.41, 5.74) is 5.33. The molecule has 0 saturated carbocycles. The van der Waals surface area contributed by atoms with Gasteiger partial charge in [0.15, 0.2) is 6.10 Å². The van der Waals surface area contributed by atoms with Gasteiger partial charge in [0, 0.05) is 12.5 Å². The number of carboxylic acid groups (broad SMARTS) is 1. The maximum atomic E-state index is 12.5. The third-order valence-corrected chi connectivity index (χ3v) is 10.6. The Kier molecular flexibility index (Phi) is 39.4. The van der Waals surface area contributed by atoms with Crippen molar-refractivity contribution in [2.75, 3.05) is 19.8 Å². The van der Waals surface area contributed by atoms with Crippen LogP contribution >= 0.6 is 7.82 Å². The number of ether oxygens (including phenoxy) is 2. The highest BCUT2D eigenvalue weighted by Crippen LogP contribution is 2.43. The quantitative estimate of drug-likeness (QED) is 0.0133. The van der Waals surface area contributed by atoms with E-state index in [9.17, 15) is 23.8 Å². The van der Waals surface area contributed by atoms with Gasteiger partial charge in [-0.1, -0.05) is 178 Å². The van der Waals surface area contributed by atoms with E-state index in [1.165, 1.54) is 128 Å². The highest BCUT2D eigenvalue weighted by molar-refractivity contribution is 7.47. The zero-order chi connectivity index (χ0) is 42.8. The van der Waals surface area contributed by atoms with Crippen molar-refractivity contribution < 1.29 is 47.5 Å². The molecule has 0 aromatic carbocycles. The molecule has 0 amide bonds. The second-order valence-corrected chi connectivity index (χ2v) is 16.7. The molecule has 0 aromatic rings. The van der Waals surface area contributed by atoms with Gasteiger partial charge in [-0.05, 0) is 51.4 Å².